The molecule has 2 unspecified atom stereocenters. The summed E-state index contributed by atoms with van der Waals surface area (Å²) in [5.41, 5.74) is 4.93. The van der Waals surface area contributed by atoms with Gasteiger partial charge in [-0.2, -0.15) is 0 Å². The Morgan fingerprint density at radius 3 is 2.50 bits per heavy atom. The van der Waals surface area contributed by atoms with Crippen molar-refractivity contribution in [2.75, 3.05) is 6.54 Å². The molecule has 102 valence electrons. The molecule has 0 spiro atoms. The average molecular weight is 257 g/mol. The highest BCUT2D eigenvalue weighted by atomic mass is 16.4. The molecule has 0 saturated heterocycles. The summed E-state index contributed by atoms with van der Waals surface area (Å²) in [6, 6.07) is -1.61. The van der Waals surface area contributed by atoms with Crippen molar-refractivity contribution in [3.8, 4) is 0 Å². The van der Waals surface area contributed by atoms with E-state index in [1.165, 1.54) is 0 Å². The normalized spacial score (nSPS) is 22.9. The molecule has 1 rings (SSSR count). The van der Waals surface area contributed by atoms with Crippen LogP contribution < -0.4 is 16.4 Å². The summed E-state index contributed by atoms with van der Waals surface area (Å²) in [5, 5.41) is 13.8. The SMILES string of the molecule is CC1CC1CNC(=O)N[C@H](CCC(N)=O)C(=O)O. The van der Waals surface area contributed by atoms with Crippen molar-refractivity contribution in [2.24, 2.45) is 17.6 Å². The Morgan fingerprint density at radius 1 is 1.44 bits per heavy atom. The van der Waals surface area contributed by atoms with Gasteiger partial charge in [0, 0.05) is 13.0 Å². The molecule has 0 aromatic carbocycles. The van der Waals surface area contributed by atoms with Crippen LogP contribution in [0.1, 0.15) is 26.2 Å². The molecule has 0 aliphatic heterocycles. The predicted molar refractivity (Wildman–Crippen MR) is 63.7 cm³/mol. The Labute approximate surface area is 105 Å². The minimum atomic E-state index is -1.17. The summed E-state index contributed by atoms with van der Waals surface area (Å²) in [4.78, 5) is 32.9. The largest absolute Gasteiger partial charge is 0.480 e. The smallest absolute Gasteiger partial charge is 0.326 e. The number of urea groups is 1. The van der Waals surface area contributed by atoms with Crippen LogP contribution in [0, 0.1) is 11.8 Å². The zero-order valence-electron chi connectivity index (χ0n) is 10.3. The van der Waals surface area contributed by atoms with E-state index >= 15 is 0 Å². The number of carbonyl (C=O) groups excluding carboxylic acids is 2. The molecule has 18 heavy (non-hydrogen) atoms. The molecule has 1 fully saturated rings. The predicted octanol–water partition coefficient (Wildman–Crippen LogP) is -0.340. The van der Waals surface area contributed by atoms with Crippen molar-refractivity contribution in [2.45, 2.75) is 32.2 Å². The summed E-state index contributed by atoms with van der Waals surface area (Å²) in [6.07, 6.45) is 1.01. The molecule has 1 aliphatic rings. The number of nitrogens with two attached hydrogens (primary N) is 1. The summed E-state index contributed by atoms with van der Waals surface area (Å²) in [5.74, 6) is -0.651. The summed E-state index contributed by atoms with van der Waals surface area (Å²) in [7, 11) is 0. The third kappa shape index (κ3) is 5.03. The standard InChI is InChI=1S/C11H19N3O4/c1-6-4-7(6)5-13-11(18)14-8(10(16)17)2-3-9(12)15/h6-8H,2-5H2,1H3,(H2,12,15)(H,16,17)(H2,13,14,18)/t6?,7?,8-/m1/s1. The fourth-order valence-corrected chi connectivity index (χ4v) is 1.66. The van der Waals surface area contributed by atoms with Crippen LogP contribution in [0.5, 0.6) is 0 Å². The van der Waals surface area contributed by atoms with E-state index in [1.54, 1.807) is 0 Å². The van der Waals surface area contributed by atoms with Gasteiger partial charge in [0.2, 0.25) is 5.91 Å². The van der Waals surface area contributed by atoms with Gasteiger partial charge in [-0.15, -0.1) is 0 Å². The molecule has 0 radical (unpaired) electrons. The second kappa shape index (κ2) is 6.23. The van der Waals surface area contributed by atoms with E-state index in [2.05, 4.69) is 17.6 Å². The highest BCUT2D eigenvalue weighted by Crippen LogP contribution is 2.36. The van der Waals surface area contributed by atoms with Gasteiger partial charge in [0.15, 0.2) is 0 Å². The van der Waals surface area contributed by atoms with Crippen molar-refractivity contribution in [3.05, 3.63) is 0 Å². The topological polar surface area (TPSA) is 122 Å². The van der Waals surface area contributed by atoms with Crippen LogP contribution in [0.3, 0.4) is 0 Å². The number of hydrogen-bond donors (Lipinski definition) is 4. The molecule has 0 aromatic heterocycles. The van der Waals surface area contributed by atoms with Gasteiger partial charge in [0.05, 0.1) is 0 Å². The number of hydrogen-bond acceptors (Lipinski definition) is 3. The monoisotopic (exact) mass is 257 g/mol. The van der Waals surface area contributed by atoms with E-state index in [1.807, 2.05) is 0 Å². The third-order valence-corrected chi connectivity index (χ3v) is 3.08. The fourth-order valence-electron chi connectivity index (χ4n) is 1.66. The molecule has 0 aromatic rings. The van der Waals surface area contributed by atoms with E-state index in [-0.39, 0.29) is 12.8 Å². The number of carboxylic acid groups (broad SMARTS) is 1. The van der Waals surface area contributed by atoms with Crippen molar-refractivity contribution >= 4 is 17.9 Å². The zero-order valence-corrected chi connectivity index (χ0v) is 10.3. The van der Waals surface area contributed by atoms with E-state index in [4.69, 9.17) is 10.8 Å². The Balaban J connectivity index is 2.28. The van der Waals surface area contributed by atoms with Crippen LogP contribution in [0.25, 0.3) is 0 Å². The molecular weight excluding hydrogens is 238 g/mol. The van der Waals surface area contributed by atoms with Gasteiger partial charge < -0.3 is 21.5 Å². The Kier molecular flexibility index (Phi) is 4.94. The Bertz CT molecular complexity index is 345. The zero-order chi connectivity index (χ0) is 13.7. The molecule has 7 nitrogen and oxygen atoms in total. The fraction of sp³-hybridized carbons (Fsp3) is 0.727. The number of carboxylic acids is 1. The first-order valence-corrected chi connectivity index (χ1v) is 5.95. The molecular formula is C11H19N3O4. The van der Waals surface area contributed by atoms with Crippen molar-refractivity contribution < 1.29 is 19.5 Å². The Hall–Kier alpha value is -1.79. The van der Waals surface area contributed by atoms with Gasteiger partial charge >= 0.3 is 12.0 Å². The van der Waals surface area contributed by atoms with Crippen LogP contribution in [0.15, 0.2) is 0 Å². The van der Waals surface area contributed by atoms with Crippen molar-refractivity contribution in [3.63, 3.8) is 0 Å². The van der Waals surface area contributed by atoms with Gasteiger partial charge in [0.25, 0.3) is 0 Å². The number of carbonyl (C=O) groups is 3. The van der Waals surface area contributed by atoms with Gasteiger partial charge in [-0.05, 0) is 24.7 Å². The minimum absolute atomic E-state index is 0.00207. The first-order valence-electron chi connectivity index (χ1n) is 5.95. The molecule has 5 N–H and O–H groups in total. The summed E-state index contributed by atoms with van der Waals surface area (Å²) >= 11 is 0. The number of nitrogens with one attached hydrogen (secondary N) is 2. The first kappa shape index (κ1) is 14.3. The highest BCUT2D eigenvalue weighted by Gasteiger charge is 2.32. The lowest BCUT2D eigenvalue weighted by Crippen LogP contribution is -2.46. The number of primary amides is 1. The van der Waals surface area contributed by atoms with E-state index in [9.17, 15) is 14.4 Å². The number of rotatable bonds is 7. The van der Waals surface area contributed by atoms with E-state index in [0.29, 0.717) is 18.4 Å². The van der Waals surface area contributed by atoms with Gasteiger partial charge in [0.1, 0.15) is 6.04 Å². The minimum Gasteiger partial charge on any atom is -0.480 e. The maximum absolute atomic E-state index is 11.4. The van der Waals surface area contributed by atoms with Gasteiger partial charge in [-0.3, -0.25) is 4.79 Å². The number of amides is 3. The van der Waals surface area contributed by atoms with Crippen molar-refractivity contribution in [1.29, 1.82) is 0 Å². The second-order valence-corrected chi connectivity index (χ2v) is 4.72. The quantitative estimate of drug-likeness (QED) is 0.498. The van der Waals surface area contributed by atoms with Crippen LogP contribution in [-0.4, -0.2) is 35.6 Å². The molecule has 1 aliphatic carbocycles. The first-order chi connectivity index (χ1) is 8.40. The third-order valence-electron chi connectivity index (χ3n) is 3.08. The van der Waals surface area contributed by atoms with Gasteiger partial charge in [-0.1, -0.05) is 6.92 Å². The molecule has 0 heterocycles. The molecule has 3 amide bonds. The molecule has 1 saturated carbocycles. The average Bonchev–Trinajstić information content (AvgIpc) is 2.97. The van der Waals surface area contributed by atoms with Crippen LogP contribution >= 0.6 is 0 Å². The second-order valence-electron chi connectivity index (χ2n) is 4.72. The number of aliphatic carboxylic acids is 1. The van der Waals surface area contributed by atoms with Crippen LogP contribution in [0.4, 0.5) is 4.79 Å². The molecule has 0 bridgehead atoms. The van der Waals surface area contributed by atoms with E-state index < -0.39 is 23.9 Å². The molecule has 3 atom stereocenters. The highest BCUT2D eigenvalue weighted by molar-refractivity contribution is 5.83. The van der Waals surface area contributed by atoms with Crippen LogP contribution in [0.2, 0.25) is 0 Å². The lowest BCUT2D eigenvalue weighted by atomic mass is 10.1. The summed E-state index contributed by atoms with van der Waals surface area (Å²) in [6.45, 7) is 2.65. The van der Waals surface area contributed by atoms with E-state index in [0.717, 1.165) is 6.42 Å². The Morgan fingerprint density at radius 2 is 2.06 bits per heavy atom. The maximum Gasteiger partial charge on any atom is 0.326 e. The van der Waals surface area contributed by atoms with Crippen molar-refractivity contribution in [1.82, 2.24) is 10.6 Å². The maximum atomic E-state index is 11.4. The van der Waals surface area contributed by atoms with Crippen LogP contribution in [-0.2, 0) is 9.59 Å². The summed E-state index contributed by atoms with van der Waals surface area (Å²) < 4.78 is 0. The molecule has 7 heteroatoms. The lowest BCUT2D eigenvalue weighted by molar-refractivity contribution is -0.139. The lowest BCUT2D eigenvalue weighted by Gasteiger charge is -2.14. The van der Waals surface area contributed by atoms with Gasteiger partial charge in [-0.25, -0.2) is 9.59 Å².